The van der Waals surface area contributed by atoms with E-state index in [0.717, 1.165) is 0 Å². The van der Waals surface area contributed by atoms with Crippen LogP contribution in [0.4, 0.5) is 0 Å². The molecule has 0 amide bonds. The molecule has 4 nitrogen and oxygen atoms in total. The number of hydrogen-bond acceptors (Lipinski definition) is 4. The molecule has 0 bridgehead atoms. The third-order valence-corrected chi connectivity index (χ3v) is 1.79. The molecule has 0 aliphatic carbocycles. The quantitative estimate of drug-likeness (QED) is 0.500. The van der Waals surface area contributed by atoms with Crippen molar-refractivity contribution in [1.82, 2.24) is 0 Å². The molecule has 74 valence electrons. The summed E-state index contributed by atoms with van der Waals surface area (Å²) in [7, 11) is 0. The van der Waals surface area contributed by atoms with Gasteiger partial charge >= 0.3 is 0 Å². The lowest BCUT2D eigenvalue weighted by atomic mass is 10.0. The van der Waals surface area contributed by atoms with Crippen molar-refractivity contribution in [2.75, 3.05) is 13.2 Å². The van der Waals surface area contributed by atoms with Crippen molar-refractivity contribution in [3.63, 3.8) is 0 Å². The highest BCUT2D eigenvalue weighted by molar-refractivity contribution is 4.80. The highest BCUT2D eigenvalue weighted by Crippen LogP contribution is 2.11. The number of ether oxygens (including phenoxy) is 1. The second-order valence-corrected chi connectivity index (χ2v) is 2.66. The molecule has 1 rings (SSSR count). The van der Waals surface area contributed by atoms with Gasteiger partial charge in [-0.1, -0.05) is 13.8 Å². The molecular formula is C8H20N2O2. The Kier molecular flexibility index (Phi) is 6.28. The van der Waals surface area contributed by atoms with Crippen LogP contribution in [0.2, 0.25) is 0 Å². The third-order valence-electron chi connectivity index (χ3n) is 1.79. The molecule has 1 unspecified atom stereocenters. The number of aliphatic hydroxyl groups excluding tert-OH is 1. The van der Waals surface area contributed by atoms with Crippen molar-refractivity contribution in [1.29, 1.82) is 0 Å². The summed E-state index contributed by atoms with van der Waals surface area (Å²) in [6.45, 7) is 4.88. The van der Waals surface area contributed by atoms with E-state index in [4.69, 9.17) is 16.2 Å². The first-order valence-corrected chi connectivity index (χ1v) is 4.49. The van der Waals surface area contributed by atoms with Gasteiger partial charge in [0.15, 0.2) is 0 Å². The van der Waals surface area contributed by atoms with E-state index in [1.54, 1.807) is 0 Å². The Bertz CT molecular complexity index is 111. The van der Waals surface area contributed by atoms with Gasteiger partial charge in [-0.15, -0.1) is 0 Å². The van der Waals surface area contributed by atoms with E-state index in [1.165, 1.54) is 0 Å². The number of nitrogens with two attached hydrogens (primary N) is 2. The van der Waals surface area contributed by atoms with Crippen LogP contribution < -0.4 is 11.5 Å². The molecule has 0 aromatic heterocycles. The largest absolute Gasteiger partial charge is 0.391 e. The zero-order valence-electron chi connectivity index (χ0n) is 7.86. The average molecular weight is 176 g/mol. The van der Waals surface area contributed by atoms with Crippen molar-refractivity contribution in [3.8, 4) is 0 Å². The Morgan fingerprint density at radius 2 is 2.08 bits per heavy atom. The monoisotopic (exact) mass is 176 g/mol. The summed E-state index contributed by atoms with van der Waals surface area (Å²) in [6.07, 6.45) is 0.120. The molecule has 5 N–H and O–H groups in total. The van der Waals surface area contributed by atoms with Gasteiger partial charge in [0.1, 0.15) is 0 Å². The molecule has 3 atom stereocenters. The zero-order valence-corrected chi connectivity index (χ0v) is 7.86. The second-order valence-electron chi connectivity index (χ2n) is 2.66. The van der Waals surface area contributed by atoms with Crippen LogP contribution in [0.25, 0.3) is 0 Å². The summed E-state index contributed by atoms with van der Waals surface area (Å²) in [4.78, 5) is 0. The maximum atomic E-state index is 9.22. The Morgan fingerprint density at radius 3 is 2.50 bits per heavy atom. The molecule has 4 heteroatoms. The van der Waals surface area contributed by atoms with Crippen LogP contribution >= 0.6 is 0 Å². The normalized spacial score (nSPS) is 35.2. The predicted octanol–water partition coefficient (Wildman–Crippen LogP) is -0.552. The average Bonchev–Trinajstić information content (AvgIpc) is 2.13. The van der Waals surface area contributed by atoms with Gasteiger partial charge in [0.05, 0.1) is 24.9 Å². The highest BCUT2D eigenvalue weighted by atomic mass is 16.5. The molecule has 1 heterocycles. The molecule has 0 aromatic carbocycles. The van der Waals surface area contributed by atoms with Gasteiger partial charge in [0, 0.05) is 13.0 Å². The van der Waals surface area contributed by atoms with Gasteiger partial charge in [-0.25, -0.2) is 0 Å². The van der Waals surface area contributed by atoms with Crippen LogP contribution in [0.3, 0.4) is 0 Å². The van der Waals surface area contributed by atoms with E-state index in [1.807, 2.05) is 13.8 Å². The Labute approximate surface area is 73.9 Å². The van der Waals surface area contributed by atoms with Gasteiger partial charge in [0.2, 0.25) is 0 Å². The summed E-state index contributed by atoms with van der Waals surface area (Å²) in [5.74, 6) is 0. The van der Waals surface area contributed by atoms with E-state index in [-0.39, 0.29) is 12.1 Å². The smallest absolute Gasteiger partial charge is 0.0738 e. The topological polar surface area (TPSA) is 81.5 Å². The Balaban J connectivity index is 0.000000561. The Hall–Kier alpha value is -0.160. The minimum Gasteiger partial charge on any atom is -0.391 e. The first-order chi connectivity index (χ1) is 5.74. The molecule has 0 saturated carbocycles. The summed E-state index contributed by atoms with van der Waals surface area (Å²) >= 11 is 0. The standard InChI is InChI=1S/C6H14N2O2.C2H6/c7-2-4-1-6(9)5(8)3-10-4;1-2/h4-6,9H,1-3,7-8H2;1-2H3/t4-,5+,6?;/m1./s1. The van der Waals surface area contributed by atoms with E-state index in [0.29, 0.717) is 19.6 Å². The van der Waals surface area contributed by atoms with Crippen molar-refractivity contribution in [2.24, 2.45) is 11.5 Å². The lowest BCUT2D eigenvalue weighted by Crippen LogP contribution is -2.48. The first-order valence-electron chi connectivity index (χ1n) is 4.49. The van der Waals surface area contributed by atoms with E-state index >= 15 is 0 Å². The summed E-state index contributed by atoms with van der Waals surface area (Å²) in [6, 6.07) is -0.234. The minimum absolute atomic E-state index is 0.00481. The summed E-state index contributed by atoms with van der Waals surface area (Å²) < 4.78 is 5.20. The fraction of sp³-hybridized carbons (Fsp3) is 1.00. The molecule has 0 radical (unpaired) electrons. The summed E-state index contributed by atoms with van der Waals surface area (Å²) in [5.41, 5.74) is 10.8. The molecule has 1 aliphatic heterocycles. The van der Waals surface area contributed by atoms with Crippen LogP contribution in [-0.4, -0.2) is 36.5 Å². The third kappa shape index (κ3) is 3.49. The fourth-order valence-corrected chi connectivity index (χ4v) is 1.03. The van der Waals surface area contributed by atoms with Gasteiger partial charge in [-0.3, -0.25) is 0 Å². The van der Waals surface area contributed by atoms with Gasteiger partial charge in [-0.2, -0.15) is 0 Å². The molecule has 1 fully saturated rings. The van der Waals surface area contributed by atoms with Crippen molar-refractivity contribution in [3.05, 3.63) is 0 Å². The molecular weight excluding hydrogens is 156 g/mol. The SMILES string of the molecule is CC.NC[C@H]1CC(O)[C@@H](N)CO1. The van der Waals surface area contributed by atoms with E-state index in [2.05, 4.69) is 0 Å². The van der Waals surface area contributed by atoms with Gasteiger partial charge in [-0.05, 0) is 0 Å². The van der Waals surface area contributed by atoms with Crippen molar-refractivity contribution >= 4 is 0 Å². The fourth-order valence-electron chi connectivity index (χ4n) is 1.03. The molecule has 12 heavy (non-hydrogen) atoms. The first kappa shape index (κ1) is 11.8. The van der Waals surface area contributed by atoms with Crippen LogP contribution in [0.1, 0.15) is 20.3 Å². The maximum Gasteiger partial charge on any atom is 0.0738 e. The predicted molar refractivity (Wildman–Crippen MR) is 48.7 cm³/mol. The second kappa shape index (κ2) is 6.37. The highest BCUT2D eigenvalue weighted by Gasteiger charge is 2.25. The molecule has 1 aliphatic rings. The van der Waals surface area contributed by atoms with Gasteiger partial charge < -0.3 is 21.3 Å². The molecule has 1 saturated heterocycles. The van der Waals surface area contributed by atoms with Crippen LogP contribution in [0.15, 0.2) is 0 Å². The number of hydrogen-bond donors (Lipinski definition) is 3. The molecule has 0 spiro atoms. The summed E-state index contributed by atoms with van der Waals surface area (Å²) in [5, 5.41) is 9.22. The number of aliphatic hydroxyl groups is 1. The van der Waals surface area contributed by atoms with E-state index < -0.39 is 6.10 Å². The Morgan fingerprint density at radius 1 is 1.50 bits per heavy atom. The van der Waals surface area contributed by atoms with E-state index in [9.17, 15) is 5.11 Å². The minimum atomic E-state index is -0.442. The van der Waals surface area contributed by atoms with Crippen molar-refractivity contribution < 1.29 is 9.84 Å². The number of rotatable bonds is 1. The van der Waals surface area contributed by atoms with Crippen LogP contribution in [0, 0.1) is 0 Å². The lowest BCUT2D eigenvalue weighted by molar-refractivity contribution is -0.0519. The van der Waals surface area contributed by atoms with Crippen LogP contribution in [0.5, 0.6) is 0 Å². The van der Waals surface area contributed by atoms with Crippen LogP contribution in [-0.2, 0) is 4.74 Å². The lowest BCUT2D eigenvalue weighted by Gasteiger charge is -2.30. The van der Waals surface area contributed by atoms with Crippen molar-refractivity contribution in [2.45, 2.75) is 38.5 Å². The van der Waals surface area contributed by atoms with Gasteiger partial charge in [0.25, 0.3) is 0 Å². The maximum absolute atomic E-state index is 9.22. The molecule has 0 aromatic rings. The zero-order chi connectivity index (χ0) is 9.56.